The van der Waals surface area contributed by atoms with Gasteiger partial charge in [-0.3, -0.25) is 9.59 Å². The molecule has 0 aliphatic rings. The number of carboxylic acid groups (broad SMARTS) is 1. The number of rotatable bonds is 9. The van der Waals surface area contributed by atoms with E-state index in [9.17, 15) is 9.59 Å². The van der Waals surface area contributed by atoms with Gasteiger partial charge < -0.3 is 14.9 Å². The molecule has 1 amide bonds. The van der Waals surface area contributed by atoms with Crippen molar-refractivity contribution in [2.24, 2.45) is 0 Å². The predicted octanol–water partition coefficient (Wildman–Crippen LogP) is 2.42. The molecule has 0 fully saturated rings. The van der Waals surface area contributed by atoms with Gasteiger partial charge in [-0.15, -0.1) is 0 Å². The Morgan fingerprint density at radius 1 is 1.25 bits per heavy atom. The molecule has 24 heavy (non-hydrogen) atoms. The van der Waals surface area contributed by atoms with Crippen LogP contribution in [0.1, 0.15) is 49.0 Å². The highest BCUT2D eigenvalue weighted by molar-refractivity contribution is 5.76. The molecule has 128 valence electrons. The molecule has 2 N–H and O–H groups in total. The molecule has 1 aromatic heterocycles. The zero-order valence-corrected chi connectivity index (χ0v) is 13.6. The van der Waals surface area contributed by atoms with Gasteiger partial charge >= 0.3 is 5.97 Å². The van der Waals surface area contributed by atoms with Crippen molar-refractivity contribution in [2.45, 2.75) is 45.1 Å². The number of carboxylic acids is 1. The maximum atomic E-state index is 12.1. The molecule has 0 aliphatic heterocycles. The molecule has 0 saturated carbocycles. The maximum Gasteiger partial charge on any atom is 0.303 e. The first-order chi connectivity index (χ1) is 11.5. The Balaban J connectivity index is 1.85. The SMILES string of the molecule is Cc1noc(CCCC(=O)NC(CCC(=O)O)c2ccccc2)n1. The first-order valence-corrected chi connectivity index (χ1v) is 7.90. The monoisotopic (exact) mass is 331 g/mol. The molecule has 1 aromatic carbocycles. The van der Waals surface area contributed by atoms with Crippen LogP contribution in [0.4, 0.5) is 0 Å². The second-order valence-corrected chi connectivity index (χ2v) is 5.55. The standard InChI is InChI=1S/C17H21N3O4/c1-12-18-16(24-20-12)9-5-8-15(21)19-14(10-11-17(22)23)13-6-3-2-4-7-13/h2-4,6-7,14H,5,8-11H2,1H3,(H,19,21)(H,22,23). The number of carbonyl (C=O) groups excluding carboxylic acids is 1. The third-order valence-corrected chi connectivity index (χ3v) is 3.55. The summed E-state index contributed by atoms with van der Waals surface area (Å²) >= 11 is 0. The number of benzene rings is 1. The minimum atomic E-state index is -0.878. The summed E-state index contributed by atoms with van der Waals surface area (Å²) in [4.78, 5) is 27.0. The molecule has 7 heteroatoms. The molecule has 7 nitrogen and oxygen atoms in total. The fourth-order valence-corrected chi connectivity index (χ4v) is 2.38. The Hall–Kier alpha value is -2.70. The molecule has 1 atom stereocenters. The number of nitrogens with one attached hydrogen (secondary N) is 1. The lowest BCUT2D eigenvalue weighted by molar-refractivity contribution is -0.137. The largest absolute Gasteiger partial charge is 0.481 e. The summed E-state index contributed by atoms with van der Waals surface area (Å²) < 4.78 is 5.00. The topological polar surface area (TPSA) is 105 Å². The van der Waals surface area contributed by atoms with E-state index in [4.69, 9.17) is 9.63 Å². The van der Waals surface area contributed by atoms with E-state index in [-0.39, 0.29) is 18.4 Å². The van der Waals surface area contributed by atoms with Crippen molar-refractivity contribution in [3.8, 4) is 0 Å². The van der Waals surface area contributed by atoms with Crippen LogP contribution in [0.15, 0.2) is 34.9 Å². The van der Waals surface area contributed by atoms with Crippen molar-refractivity contribution >= 4 is 11.9 Å². The lowest BCUT2D eigenvalue weighted by Crippen LogP contribution is -2.28. The van der Waals surface area contributed by atoms with Crippen molar-refractivity contribution in [1.82, 2.24) is 15.5 Å². The maximum absolute atomic E-state index is 12.1. The molecular weight excluding hydrogens is 310 g/mol. The summed E-state index contributed by atoms with van der Waals surface area (Å²) in [6.45, 7) is 1.74. The zero-order valence-electron chi connectivity index (χ0n) is 13.6. The summed E-state index contributed by atoms with van der Waals surface area (Å²) in [5.74, 6) is 0.0977. The van der Waals surface area contributed by atoms with Crippen LogP contribution in [-0.2, 0) is 16.0 Å². The fourth-order valence-electron chi connectivity index (χ4n) is 2.38. The van der Waals surface area contributed by atoms with Crippen molar-refractivity contribution in [3.63, 3.8) is 0 Å². The van der Waals surface area contributed by atoms with Gasteiger partial charge in [0.15, 0.2) is 5.82 Å². The number of carbonyl (C=O) groups is 2. The van der Waals surface area contributed by atoms with Crippen LogP contribution in [-0.4, -0.2) is 27.1 Å². The Morgan fingerprint density at radius 3 is 2.62 bits per heavy atom. The van der Waals surface area contributed by atoms with Gasteiger partial charge in [-0.25, -0.2) is 0 Å². The third kappa shape index (κ3) is 5.83. The number of aliphatic carboxylic acids is 1. The molecule has 1 heterocycles. The first kappa shape index (κ1) is 17.7. The third-order valence-electron chi connectivity index (χ3n) is 3.55. The quantitative estimate of drug-likeness (QED) is 0.731. The van der Waals surface area contributed by atoms with Crippen LogP contribution in [0.3, 0.4) is 0 Å². The van der Waals surface area contributed by atoms with E-state index in [1.807, 2.05) is 30.3 Å². The molecule has 0 bridgehead atoms. The van der Waals surface area contributed by atoms with E-state index in [2.05, 4.69) is 15.5 Å². The van der Waals surface area contributed by atoms with Gasteiger partial charge in [0.05, 0.1) is 6.04 Å². The Morgan fingerprint density at radius 2 is 2.00 bits per heavy atom. The number of nitrogens with zero attached hydrogens (tertiary/aromatic N) is 2. The summed E-state index contributed by atoms with van der Waals surface area (Å²) in [7, 11) is 0. The van der Waals surface area contributed by atoms with Gasteiger partial charge in [0, 0.05) is 19.3 Å². The first-order valence-electron chi connectivity index (χ1n) is 7.90. The number of aromatic nitrogens is 2. The van der Waals surface area contributed by atoms with Crippen LogP contribution < -0.4 is 5.32 Å². The summed E-state index contributed by atoms with van der Waals surface area (Å²) in [5, 5.41) is 15.5. The van der Waals surface area contributed by atoms with E-state index in [0.717, 1.165) is 5.56 Å². The summed E-state index contributed by atoms with van der Waals surface area (Å²) in [6, 6.07) is 9.08. The van der Waals surface area contributed by atoms with Gasteiger partial charge in [-0.05, 0) is 25.3 Å². The number of hydrogen-bond donors (Lipinski definition) is 2. The van der Waals surface area contributed by atoms with Crippen LogP contribution in [0.2, 0.25) is 0 Å². The average molecular weight is 331 g/mol. The Labute approximate surface area is 140 Å². The van der Waals surface area contributed by atoms with Gasteiger partial charge in [0.25, 0.3) is 0 Å². The van der Waals surface area contributed by atoms with E-state index in [0.29, 0.717) is 37.4 Å². The highest BCUT2D eigenvalue weighted by atomic mass is 16.5. The van der Waals surface area contributed by atoms with E-state index in [1.165, 1.54) is 0 Å². The normalized spacial score (nSPS) is 11.9. The number of aryl methyl sites for hydroxylation is 2. The number of hydrogen-bond acceptors (Lipinski definition) is 5. The van der Waals surface area contributed by atoms with Crippen molar-refractivity contribution < 1.29 is 19.2 Å². The number of amides is 1. The van der Waals surface area contributed by atoms with Crippen LogP contribution >= 0.6 is 0 Å². The van der Waals surface area contributed by atoms with Gasteiger partial charge in [0.1, 0.15) is 0 Å². The fraction of sp³-hybridized carbons (Fsp3) is 0.412. The molecule has 2 aromatic rings. The minimum Gasteiger partial charge on any atom is -0.481 e. The summed E-state index contributed by atoms with van der Waals surface area (Å²) in [6.07, 6.45) is 1.81. The Kier molecular flexibility index (Phi) is 6.48. The lowest BCUT2D eigenvalue weighted by Gasteiger charge is -2.18. The van der Waals surface area contributed by atoms with E-state index >= 15 is 0 Å². The van der Waals surface area contributed by atoms with Crippen LogP contribution in [0, 0.1) is 6.92 Å². The molecule has 0 aliphatic carbocycles. The van der Waals surface area contributed by atoms with Crippen molar-refractivity contribution in [1.29, 1.82) is 0 Å². The zero-order chi connectivity index (χ0) is 17.4. The van der Waals surface area contributed by atoms with Crippen molar-refractivity contribution in [2.75, 3.05) is 0 Å². The van der Waals surface area contributed by atoms with Crippen LogP contribution in [0.5, 0.6) is 0 Å². The molecule has 0 spiro atoms. The molecule has 0 radical (unpaired) electrons. The minimum absolute atomic E-state index is 0.00109. The Bertz CT molecular complexity index is 669. The highest BCUT2D eigenvalue weighted by Gasteiger charge is 2.16. The average Bonchev–Trinajstić information content (AvgIpc) is 2.97. The molecular formula is C17H21N3O4. The van der Waals surface area contributed by atoms with E-state index < -0.39 is 5.97 Å². The van der Waals surface area contributed by atoms with Gasteiger partial charge in [0.2, 0.25) is 11.8 Å². The van der Waals surface area contributed by atoms with Gasteiger partial charge in [-0.2, -0.15) is 4.98 Å². The smallest absolute Gasteiger partial charge is 0.303 e. The predicted molar refractivity (Wildman–Crippen MR) is 86.2 cm³/mol. The summed E-state index contributed by atoms with van der Waals surface area (Å²) in [5.41, 5.74) is 0.902. The molecule has 2 rings (SSSR count). The second-order valence-electron chi connectivity index (χ2n) is 5.55. The van der Waals surface area contributed by atoms with Crippen molar-refractivity contribution in [3.05, 3.63) is 47.6 Å². The van der Waals surface area contributed by atoms with Crippen LogP contribution in [0.25, 0.3) is 0 Å². The second kappa shape index (κ2) is 8.81. The molecule has 0 saturated heterocycles. The highest BCUT2D eigenvalue weighted by Crippen LogP contribution is 2.18. The van der Waals surface area contributed by atoms with E-state index in [1.54, 1.807) is 6.92 Å². The van der Waals surface area contributed by atoms with Gasteiger partial charge in [-0.1, -0.05) is 35.5 Å². The molecule has 1 unspecified atom stereocenters. The lowest BCUT2D eigenvalue weighted by atomic mass is 10.0.